The van der Waals surface area contributed by atoms with E-state index in [4.69, 9.17) is 4.74 Å². The van der Waals surface area contributed by atoms with Crippen molar-refractivity contribution in [1.29, 1.82) is 0 Å². The van der Waals surface area contributed by atoms with Gasteiger partial charge in [0.1, 0.15) is 5.54 Å². The number of hydrogen-bond acceptors (Lipinski definition) is 4. The van der Waals surface area contributed by atoms with Gasteiger partial charge in [-0.2, -0.15) is 11.8 Å². The Hall–Kier alpha value is -0.750. The lowest BCUT2D eigenvalue weighted by atomic mass is 9.92. The molecule has 0 aliphatic carbocycles. The zero-order valence-corrected chi connectivity index (χ0v) is 10.1. The van der Waals surface area contributed by atoms with Gasteiger partial charge in [-0.3, -0.25) is 4.79 Å². The van der Waals surface area contributed by atoms with Crippen molar-refractivity contribution in [3.63, 3.8) is 0 Å². The number of carbonyl (C=O) groups excluding carboxylic acids is 1. The van der Waals surface area contributed by atoms with E-state index in [9.17, 15) is 14.7 Å². The first kappa shape index (κ1) is 13.3. The van der Waals surface area contributed by atoms with Crippen molar-refractivity contribution in [3.8, 4) is 0 Å². The Kier molecular flexibility index (Phi) is 5.08. The topological polar surface area (TPSA) is 75.6 Å². The number of aliphatic carboxylic acids is 1. The number of nitrogens with one attached hydrogen (secondary N) is 1. The molecule has 5 nitrogen and oxygen atoms in total. The van der Waals surface area contributed by atoms with E-state index >= 15 is 0 Å². The van der Waals surface area contributed by atoms with E-state index in [0.717, 1.165) is 11.5 Å². The Balaban J connectivity index is 2.56. The highest BCUT2D eigenvalue weighted by molar-refractivity contribution is 7.99. The molecule has 1 aliphatic rings. The first-order chi connectivity index (χ1) is 7.60. The molecule has 6 heteroatoms. The van der Waals surface area contributed by atoms with Crippen LogP contribution in [0.15, 0.2) is 0 Å². The largest absolute Gasteiger partial charge is 0.480 e. The molecule has 1 aliphatic heterocycles. The number of methoxy groups -OCH3 is 1. The lowest BCUT2D eigenvalue weighted by Gasteiger charge is -2.33. The fraction of sp³-hybridized carbons (Fsp3) is 0.800. The van der Waals surface area contributed by atoms with Crippen molar-refractivity contribution in [2.75, 3.05) is 25.2 Å². The standard InChI is InChI=1S/C10H17NO4S/c1-15-5-2-8(12)11-10(9(13)14)3-6-16-7-4-10/h2-7H2,1H3,(H,11,12)(H,13,14). The van der Waals surface area contributed by atoms with Gasteiger partial charge in [-0.05, 0) is 24.3 Å². The van der Waals surface area contributed by atoms with Crippen LogP contribution in [0.1, 0.15) is 19.3 Å². The summed E-state index contributed by atoms with van der Waals surface area (Å²) in [5.41, 5.74) is -1.06. The third-order valence-electron chi connectivity index (χ3n) is 2.67. The minimum atomic E-state index is -1.06. The van der Waals surface area contributed by atoms with Crippen LogP contribution in [0.3, 0.4) is 0 Å². The number of amides is 1. The van der Waals surface area contributed by atoms with Gasteiger partial charge < -0.3 is 15.2 Å². The van der Waals surface area contributed by atoms with E-state index in [1.165, 1.54) is 7.11 Å². The van der Waals surface area contributed by atoms with Crippen molar-refractivity contribution in [3.05, 3.63) is 0 Å². The van der Waals surface area contributed by atoms with Gasteiger partial charge in [-0.25, -0.2) is 4.79 Å². The minimum Gasteiger partial charge on any atom is -0.480 e. The van der Waals surface area contributed by atoms with Crippen molar-refractivity contribution in [2.24, 2.45) is 0 Å². The maximum Gasteiger partial charge on any atom is 0.329 e. The molecule has 16 heavy (non-hydrogen) atoms. The summed E-state index contributed by atoms with van der Waals surface area (Å²) in [5, 5.41) is 11.8. The molecule has 0 atom stereocenters. The highest BCUT2D eigenvalue weighted by Crippen LogP contribution is 2.27. The molecular weight excluding hydrogens is 230 g/mol. The summed E-state index contributed by atoms with van der Waals surface area (Å²) in [6.45, 7) is 0.316. The van der Waals surface area contributed by atoms with E-state index in [-0.39, 0.29) is 12.3 Å². The van der Waals surface area contributed by atoms with Crippen molar-refractivity contribution in [1.82, 2.24) is 5.32 Å². The third kappa shape index (κ3) is 3.38. The van der Waals surface area contributed by atoms with Crippen LogP contribution in [0.2, 0.25) is 0 Å². The highest BCUT2D eigenvalue weighted by Gasteiger charge is 2.40. The summed E-state index contributed by atoms with van der Waals surface area (Å²) in [4.78, 5) is 22.7. The molecule has 0 bridgehead atoms. The summed E-state index contributed by atoms with van der Waals surface area (Å²) in [6, 6.07) is 0. The maximum absolute atomic E-state index is 11.5. The van der Waals surface area contributed by atoms with Crippen LogP contribution in [0.4, 0.5) is 0 Å². The lowest BCUT2D eigenvalue weighted by Crippen LogP contribution is -2.56. The normalized spacial score (nSPS) is 19.1. The molecule has 0 saturated carbocycles. The number of thioether (sulfide) groups is 1. The van der Waals surface area contributed by atoms with Gasteiger partial charge in [-0.15, -0.1) is 0 Å². The molecule has 0 unspecified atom stereocenters. The molecular formula is C10H17NO4S. The summed E-state index contributed by atoms with van der Waals surface area (Å²) in [6.07, 6.45) is 1.19. The second-order valence-corrected chi connectivity index (χ2v) is 5.02. The third-order valence-corrected chi connectivity index (χ3v) is 3.65. The molecule has 0 aromatic rings. The number of carboxylic acid groups (broad SMARTS) is 1. The first-order valence-electron chi connectivity index (χ1n) is 5.22. The van der Waals surface area contributed by atoms with Crippen molar-refractivity contribution >= 4 is 23.6 Å². The van der Waals surface area contributed by atoms with Crippen LogP contribution in [0.5, 0.6) is 0 Å². The predicted molar refractivity (Wildman–Crippen MR) is 61.6 cm³/mol. The van der Waals surface area contributed by atoms with Gasteiger partial charge in [0.25, 0.3) is 0 Å². The minimum absolute atomic E-state index is 0.207. The molecule has 1 rings (SSSR count). The molecule has 1 amide bonds. The number of carboxylic acids is 1. The SMILES string of the molecule is COCCC(=O)NC1(C(=O)O)CCSCC1. The van der Waals surface area contributed by atoms with Gasteiger partial charge in [0, 0.05) is 13.5 Å². The molecule has 0 spiro atoms. The molecule has 1 saturated heterocycles. The van der Waals surface area contributed by atoms with Crippen LogP contribution in [-0.2, 0) is 14.3 Å². The first-order valence-corrected chi connectivity index (χ1v) is 6.37. The Morgan fingerprint density at radius 2 is 2.06 bits per heavy atom. The zero-order valence-electron chi connectivity index (χ0n) is 9.32. The van der Waals surface area contributed by atoms with Crippen molar-refractivity contribution in [2.45, 2.75) is 24.8 Å². The number of hydrogen-bond donors (Lipinski definition) is 2. The van der Waals surface area contributed by atoms with Crippen LogP contribution >= 0.6 is 11.8 Å². The Morgan fingerprint density at radius 3 is 2.56 bits per heavy atom. The summed E-state index contributed by atoms with van der Waals surface area (Å²) in [5.74, 6) is 0.364. The van der Waals surface area contributed by atoms with Crippen LogP contribution in [0, 0.1) is 0 Å². The quantitative estimate of drug-likeness (QED) is 0.739. The number of rotatable bonds is 5. The number of carbonyl (C=O) groups is 2. The molecule has 1 fully saturated rings. The maximum atomic E-state index is 11.5. The lowest BCUT2D eigenvalue weighted by molar-refractivity contribution is -0.148. The Morgan fingerprint density at radius 1 is 1.44 bits per heavy atom. The Labute approximate surface area is 98.9 Å². The fourth-order valence-corrected chi connectivity index (χ4v) is 2.83. The molecule has 0 radical (unpaired) electrons. The van der Waals surface area contributed by atoms with Crippen LogP contribution in [-0.4, -0.2) is 47.7 Å². The van der Waals surface area contributed by atoms with E-state index < -0.39 is 11.5 Å². The summed E-state index contributed by atoms with van der Waals surface area (Å²) in [7, 11) is 1.51. The predicted octanol–water partition coefficient (Wildman–Crippen LogP) is 0.489. The fourth-order valence-electron chi connectivity index (χ4n) is 1.64. The number of ether oxygens (including phenoxy) is 1. The van der Waals surface area contributed by atoms with E-state index in [1.54, 1.807) is 11.8 Å². The second kappa shape index (κ2) is 6.10. The zero-order chi connectivity index (χ0) is 12.0. The van der Waals surface area contributed by atoms with Gasteiger partial charge in [-0.1, -0.05) is 0 Å². The molecule has 1 heterocycles. The molecule has 92 valence electrons. The molecule has 2 N–H and O–H groups in total. The highest BCUT2D eigenvalue weighted by atomic mass is 32.2. The van der Waals surface area contributed by atoms with Gasteiger partial charge >= 0.3 is 5.97 Å². The van der Waals surface area contributed by atoms with E-state index in [2.05, 4.69) is 5.32 Å². The van der Waals surface area contributed by atoms with Crippen LogP contribution in [0.25, 0.3) is 0 Å². The Bertz CT molecular complexity index is 264. The van der Waals surface area contributed by atoms with Gasteiger partial charge in [0.2, 0.25) is 5.91 Å². The van der Waals surface area contributed by atoms with Crippen LogP contribution < -0.4 is 5.32 Å². The average molecular weight is 247 g/mol. The summed E-state index contributed by atoms with van der Waals surface area (Å²) < 4.78 is 4.78. The van der Waals surface area contributed by atoms with E-state index in [0.29, 0.717) is 19.4 Å². The van der Waals surface area contributed by atoms with Gasteiger partial charge in [0.05, 0.1) is 6.61 Å². The smallest absolute Gasteiger partial charge is 0.329 e. The molecule has 0 aromatic carbocycles. The van der Waals surface area contributed by atoms with Gasteiger partial charge in [0.15, 0.2) is 0 Å². The van der Waals surface area contributed by atoms with E-state index in [1.807, 2.05) is 0 Å². The second-order valence-electron chi connectivity index (χ2n) is 3.79. The monoisotopic (exact) mass is 247 g/mol. The average Bonchev–Trinajstić information content (AvgIpc) is 2.27. The summed E-state index contributed by atoms with van der Waals surface area (Å²) >= 11 is 1.72. The molecule has 0 aromatic heterocycles. The van der Waals surface area contributed by atoms with Crippen molar-refractivity contribution < 1.29 is 19.4 Å².